The second-order valence-electron chi connectivity index (χ2n) is 9.58. The molecule has 0 radical (unpaired) electrons. The second kappa shape index (κ2) is 5.79. The lowest BCUT2D eigenvalue weighted by Crippen LogP contribution is -2.52. The number of carbonyl (C=O) groups is 1. The third-order valence-corrected chi connectivity index (χ3v) is 8.57. The van der Waals surface area contributed by atoms with Crippen LogP contribution in [0.15, 0.2) is 23.3 Å². The molecule has 0 heterocycles. The van der Waals surface area contributed by atoms with Crippen LogP contribution in [-0.2, 0) is 4.79 Å². The summed E-state index contributed by atoms with van der Waals surface area (Å²) in [7, 11) is 0. The molecule has 0 bridgehead atoms. The lowest BCUT2D eigenvalue weighted by molar-refractivity contribution is -0.113. The molecule has 0 saturated heterocycles. The maximum absolute atomic E-state index is 11.4. The molecule has 25 heavy (non-hydrogen) atoms. The summed E-state index contributed by atoms with van der Waals surface area (Å²) < 4.78 is 0. The molecule has 0 amide bonds. The van der Waals surface area contributed by atoms with Crippen LogP contribution in [0.5, 0.6) is 0 Å². The van der Waals surface area contributed by atoms with Crippen LogP contribution in [0.2, 0.25) is 0 Å². The normalized spacial score (nSPS) is 50.0. The Morgan fingerprint density at radius 1 is 1.16 bits per heavy atom. The van der Waals surface area contributed by atoms with Crippen molar-refractivity contribution in [2.45, 2.75) is 71.5 Å². The number of fused-ring (bicyclic) bond motifs is 5. The van der Waals surface area contributed by atoms with Gasteiger partial charge in [-0.15, -0.1) is 0 Å². The summed E-state index contributed by atoms with van der Waals surface area (Å²) in [6.07, 6.45) is 10.5. The fraction of sp³-hybridized carbons (Fsp3) is 0.773. The molecule has 3 saturated carbocycles. The van der Waals surface area contributed by atoms with Crippen LogP contribution in [0.4, 0.5) is 0 Å². The molecule has 8 atom stereocenters. The molecule has 0 aromatic carbocycles. The van der Waals surface area contributed by atoms with Crippen molar-refractivity contribution < 1.29 is 15.0 Å². The zero-order valence-electron chi connectivity index (χ0n) is 15.7. The summed E-state index contributed by atoms with van der Waals surface area (Å²) in [6, 6.07) is 0. The highest BCUT2D eigenvalue weighted by Gasteiger charge is 2.58. The van der Waals surface area contributed by atoms with Crippen molar-refractivity contribution in [2.75, 3.05) is 0 Å². The average Bonchev–Trinajstić information content (AvgIpc) is 2.93. The van der Waals surface area contributed by atoms with Gasteiger partial charge in [-0.05, 0) is 55.3 Å². The number of aliphatic hydroxyl groups is 2. The zero-order chi connectivity index (χ0) is 18.0. The molecule has 3 unspecified atom stereocenters. The molecule has 0 aromatic rings. The molecule has 3 fully saturated rings. The summed E-state index contributed by atoms with van der Waals surface area (Å²) in [5.74, 6) is 1.53. The smallest absolute Gasteiger partial charge is 0.123 e. The Hall–Kier alpha value is -0.930. The lowest BCUT2D eigenvalue weighted by atomic mass is 9.49. The number of rotatable bonds is 2. The van der Waals surface area contributed by atoms with E-state index < -0.39 is 12.2 Å². The van der Waals surface area contributed by atoms with E-state index in [9.17, 15) is 15.0 Å². The number of hydrogen-bond donors (Lipinski definition) is 2. The number of carbonyl (C=O) groups excluding carboxylic acids is 1. The van der Waals surface area contributed by atoms with E-state index in [1.54, 1.807) is 0 Å². The lowest BCUT2D eigenvalue weighted by Gasteiger charge is -2.56. The monoisotopic (exact) mass is 344 g/mol. The SMILES string of the molecule is CC(C=O)[C@H]1CC[C@H]2C3=CC=C4CC(O)CC(O)[C@]4(C)[C@H]3CC[C@]12C. The van der Waals surface area contributed by atoms with Crippen LogP contribution >= 0.6 is 0 Å². The van der Waals surface area contributed by atoms with Gasteiger partial charge in [0.05, 0.1) is 12.2 Å². The first-order valence-electron chi connectivity index (χ1n) is 10.0. The molecule has 3 heteroatoms. The Morgan fingerprint density at radius 2 is 1.92 bits per heavy atom. The van der Waals surface area contributed by atoms with Crippen molar-refractivity contribution >= 4 is 6.29 Å². The Labute approximate surface area is 151 Å². The average molecular weight is 344 g/mol. The van der Waals surface area contributed by atoms with E-state index in [0.29, 0.717) is 30.6 Å². The van der Waals surface area contributed by atoms with E-state index in [2.05, 4.69) is 32.9 Å². The van der Waals surface area contributed by atoms with Gasteiger partial charge in [-0.2, -0.15) is 0 Å². The molecule has 0 aliphatic heterocycles. The Bertz CT molecular complexity index is 635. The maximum atomic E-state index is 11.4. The molecule has 2 N–H and O–H groups in total. The van der Waals surface area contributed by atoms with Gasteiger partial charge in [0.2, 0.25) is 0 Å². The van der Waals surface area contributed by atoms with Crippen LogP contribution in [0.25, 0.3) is 0 Å². The first-order chi connectivity index (χ1) is 11.8. The summed E-state index contributed by atoms with van der Waals surface area (Å²) in [5.41, 5.74) is 2.73. The highest BCUT2D eigenvalue weighted by molar-refractivity contribution is 5.54. The van der Waals surface area contributed by atoms with Crippen molar-refractivity contribution in [3.05, 3.63) is 23.3 Å². The standard InChI is InChI=1S/C22H32O3/c1-13(12-23)17-6-7-18-16-5-4-14-10-15(24)11-20(25)22(14,3)19(16)8-9-21(17,18)2/h4-5,12-13,15,17-20,24-25H,6-11H2,1-3H3/t13?,15?,17-,18+,19+,20?,21-,22+/m1/s1. The fourth-order valence-electron chi connectivity index (χ4n) is 7.05. The summed E-state index contributed by atoms with van der Waals surface area (Å²) >= 11 is 0. The van der Waals surface area contributed by atoms with Gasteiger partial charge in [0, 0.05) is 17.8 Å². The van der Waals surface area contributed by atoms with Gasteiger partial charge in [0.1, 0.15) is 6.29 Å². The summed E-state index contributed by atoms with van der Waals surface area (Å²) in [4.78, 5) is 11.4. The topological polar surface area (TPSA) is 57.5 Å². The fourth-order valence-corrected chi connectivity index (χ4v) is 7.05. The second-order valence-corrected chi connectivity index (χ2v) is 9.58. The first kappa shape index (κ1) is 17.5. The van der Waals surface area contributed by atoms with Crippen LogP contribution < -0.4 is 0 Å². The van der Waals surface area contributed by atoms with Crippen LogP contribution in [0, 0.1) is 34.5 Å². The number of aliphatic hydroxyl groups excluding tert-OH is 2. The quantitative estimate of drug-likeness (QED) is 0.752. The number of hydrogen-bond acceptors (Lipinski definition) is 3. The number of allylic oxidation sites excluding steroid dienone is 3. The highest BCUT2D eigenvalue weighted by Crippen LogP contribution is 2.65. The molecule has 0 spiro atoms. The van der Waals surface area contributed by atoms with E-state index in [0.717, 1.165) is 25.5 Å². The predicted octanol–water partition coefficient (Wildman–Crippen LogP) is 3.65. The largest absolute Gasteiger partial charge is 0.393 e. The predicted molar refractivity (Wildman–Crippen MR) is 97.8 cm³/mol. The van der Waals surface area contributed by atoms with Crippen molar-refractivity contribution in [3.8, 4) is 0 Å². The minimum atomic E-state index is -0.466. The van der Waals surface area contributed by atoms with Gasteiger partial charge in [-0.25, -0.2) is 0 Å². The van der Waals surface area contributed by atoms with Gasteiger partial charge in [-0.1, -0.05) is 44.1 Å². The number of aldehydes is 1. The third kappa shape index (κ3) is 2.28. The molecule has 138 valence electrons. The molecule has 4 aliphatic rings. The maximum Gasteiger partial charge on any atom is 0.123 e. The zero-order valence-corrected chi connectivity index (χ0v) is 15.7. The van der Waals surface area contributed by atoms with Crippen molar-refractivity contribution in [2.24, 2.45) is 34.5 Å². The Balaban J connectivity index is 1.72. The molecule has 4 aliphatic carbocycles. The highest BCUT2D eigenvalue weighted by atomic mass is 16.3. The van der Waals surface area contributed by atoms with Gasteiger partial charge in [0.25, 0.3) is 0 Å². The minimum Gasteiger partial charge on any atom is -0.393 e. The van der Waals surface area contributed by atoms with Crippen LogP contribution in [0.1, 0.15) is 59.3 Å². The van der Waals surface area contributed by atoms with E-state index in [4.69, 9.17) is 0 Å². The van der Waals surface area contributed by atoms with Crippen LogP contribution in [-0.4, -0.2) is 28.7 Å². The van der Waals surface area contributed by atoms with E-state index in [-0.39, 0.29) is 16.7 Å². The van der Waals surface area contributed by atoms with E-state index in [1.165, 1.54) is 17.6 Å². The van der Waals surface area contributed by atoms with E-state index in [1.807, 2.05) is 0 Å². The minimum absolute atomic E-state index is 0.132. The first-order valence-corrected chi connectivity index (χ1v) is 10.0. The summed E-state index contributed by atoms with van der Waals surface area (Å²) in [5, 5.41) is 21.0. The molecule has 3 nitrogen and oxygen atoms in total. The summed E-state index contributed by atoms with van der Waals surface area (Å²) in [6.45, 7) is 6.70. The van der Waals surface area contributed by atoms with E-state index >= 15 is 0 Å². The molecular weight excluding hydrogens is 312 g/mol. The van der Waals surface area contributed by atoms with Crippen molar-refractivity contribution in [1.82, 2.24) is 0 Å². The molecular formula is C22H32O3. The molecule has 0 aromatic heterocycles. The van der Waals surface area contributed by atoms with Gasteiger partial charge in [0.15, 0.2) is 0 Å². The van der Waals surface area contributed by atoms with Crippen LogP contribution in [0.3, 0.4) is 0 Å². The van der Waals surface area contributed by atoms with Crippen molar-refractivity contribution in [3.63, 3.8) is 0 Å². The Kier molecular flexibility index (Phi) is 4.05. The molecule has 4 rings (SSSR count). The van der Waals surface area contributed by atoms with Gasteiger partial charge < -0.3 is 15.0 Å². The van der Waals surface area contributed by atoms with Gasteiger partial charge >= 0.3 is 0 Å². The van der Waals surface area contributed by atoms with Crippen molar-refractivity contribution in [1.29, 1.82) is 0 Å². The Morgan fingerprint density at radius 3 is 2.64 bits per heavy atom. The third-order valence-electron chi connectivity index (χ3n) is 8.57. The van der Waals surface area contributed by atoms with Gasteiger partial charge in [-0.3, -0.25) is 0 Å².